The number of rotatable bonds is 8. The van der Waals surface area contributed by atoms with Crippen molar-refractivity contribution in [1.29, 1.82) is 0 Å². The van der Waals surface area contributed by atoms with Gasteiger partial charge in [0, 0.05) is 12.1 Å². The molecule has 0 aliphatic carbocycles. The van der Waals surface area contributed by atoms with Crippen molar-refractivity contribution >= 4 is 46.9 Å². The molecule has 0 atom stereocenters. The minimum atomic E-state index is -1.000. The molecule has 4 amide bonds. The van der Waals surface area contributed by atoms with Crippen LogP contribution in [0.5, 0.6) is 11.5 Å². The smallest absolute Gasteiger partial charge is 0.335 e. The van der Waals surface area contributed by atoms with E-state index in [0.29, 0.717) is 16.0 Å². The molecule has 1 aliphatic heterocycles. The van der Waals surface area contributed by atoms with Crippen molar-refractivity contribution in [2.45, 2.75) is 13.5 Å². The summed E-state index contributed by atoms with van der Waals surface area (Å²) in [5, 5.41) is 13.1. The van der Waals surface area contributed by atoms with Crippen molar-refractivity contribution < 1.29 is 33.2 Å². The van der Waals surface area contributed by atoms with Crippen LogP contribution < -0.4 is 19.7 Å². The second-order valence-corrected chi connectivity index (χ2v) is 8.32. The number of benzene rings is 3. The van der Waals surface area contributed by atoms with Crippen molar-refractivity contribution in [3.8, 4) is 11.5 Å². The highest BCUT2D eigenvalue weighted by Crippen LogP contribution is 2.38. The monoisotopic (exact) mass is 539 g/mol. The summed E-state index contributed by atoms with van der Waals surface area (Å²) in [6, 6.07) is 12.5. The number of hydrogen-bond donors (Lipinski definition) is 1. The third-order valence-electron chi connectivity index (χ3n) is 5.34. The molecule has 0 spiro atoms. The Hall–Kier alpha value is -4.77. The highest BCUT2D eigenvalue weighted by Gasteiger charge is 2.37. The number of nitrogens with zero attached hydrogens (tertiary/aromatic N) is 2. The fraction of sp³-hybridized carbons (Fsp3) is 0.115. The zero-order valence-corrected chi connectivity index (χ0v) is 20.5. The highest BCUT2D eigenvalue weighted by atomic mass is 35.5. The fourth-order valence-electron chi connectivity index (χ4n) is 3.64. The van der Waals surface area contributed by atoms with Crippen molar-refractivity contribution in [3.63, 3.8) is 0 Å². The molecule has 3 aromatic carbocycles. The van der Waals surface area contributed by atoms with Crippen LogP contribution >= 0.6 is 11.6 Å². The summed E-state index contributed by atoms with van der Waals surface area (Å²) < 4.78 is 24.9. The molecular weight excluding hydrogens is 521 g/mol. The lowest BCUT2D eigenvalue weighted by molar-refractivity contribution is -0.384. The lowest BCUT2D eigenvalue weighted by atomic mass is 10.1. The van der Waals surface area contributed by atoms with E-state index in [1.54, 1.807) is 19.1 Å². The molecule has 12 heteroatoms. The standard InChI is InChI=1S/C26H19ClFN3O7/c1-2-37-22-13-16(12-21(27)23(22)38-14-15-4-3-5-17(28)10-15)11-20-24(32)29-26(34)30(25(20)33)18-6-8-19(9-7-18)31(35)36/h3-13H,2,14H2,1H3,(H,29,32,34)/b20-11+. The van der Waals surface area contributed by atoms with E-state index < -0.39 is 28.6 Å². The van der Waals surface area contributed by atoms with Crippen LogP contribution in [0.4, 0.5) is 20.6 Å². The number of carbonyl (C=O) groups is 3. The number of ether oxygens (including phenoxy) is 2. The summed E-state index contributed by atoms with van der Waals surface area (Å²) in [5.41, 5.74) is 0.284. The Morgan fingerprint density at radius 1 is 1.08 bits per heavy atom. The molecule has 0 aromatic heterocycles. The minimum Gasteiger partial charge on any atom is -0.490 e. The van der Waals surface area contributed by atoms with Crippen LogP contribution in [-0.2, 0) is 16.2 Å². The molecule has 0 bridgehead atoms. The predicted molar refractivity (Wildman–Crippen MR) is 135 cm³/mol. The van der Waals surface area contributed by atoms with Gasteiger partial charge in [-0.15, -0.1) is 0 Å². The van der Waals surface area contributed by atoms with Crippen LogP contribution in [0.2, 0.25) is 5.02 Å². The van der Waals surface area contributed by atoms with Crippen molar-refractivity contribution in [1.82, 2.24) is 5.32 Å². The van der Waals surface area contributed by atoms with Crippen LogP contribution in [-0.4, -0.2) is 29.4 Å². The van der Waals surface area contributed by atoms with E-state index in [0.717, 1.165) is 12.1 Å². The van der Waals surface area contributed by atoms with Crippen molar-refractivity contribution in [3.05, 3.63) is 98.3 Å². The summed E-state index contributed by atoms with van der Waals surface area (Å²) in [5.74, 6) is -1.88. The number of nitro groups is 1. The van der Waals surface area contributed by atoms with Crippen LogP contribution in [0.15, 0.2) is 66.2 Å². The first-order valence-electron chi connectivity index (χ1n) is 11.2. The van der Waals surface area contributed by atoms with E-state index in [1.165, 1.54) is 42.5 Å². The molecule has 1 aliphatic rings. The topological polar surface area (TPSA) is 128 Å². The third kappa shape index (κ3) is 5.62. The summed E-state index contributed by atoms with van der Waals surface area (Å²) >= 11 is 6.43. The quantitative estimate of drug-likeness (QED) is 0.184. The Bertz CT molecular complexity index is 1470. The number of halogens is 2. The Morgan fingerprint density at radius 3 is 2.47 bits per heavy atom. The third-order valence-corrected chi connectivity index (χ3v) is 5.62. The van der Waals surface area contributed by atoms with Gasteiger partial charge in [0.15, 0.2) is 11.5 Å². The zero-order valence-electron chi connectivity index (χ0n) is 19.8. The van der Waals surface area contributed by atoms with Gasteiger partial charge in [-0.25, -0.2) is 14.1 Å². The minimum absolute atomic E-state index is 0.00515. The van der Waals surface area contributed by atoms with Gasteiger partial charge in [0.05, 0.1) is 22.2 Å². The predicted octanol–water partition coefficient (Wildman–Crippen LogP) is 5.03. The molecule has 1 fully saturated rings. The largest absolute Gasteiger partial charge is 0.490 e. The second-order valence-electron chi connectivity index (χ2n) is 7.91. The van der Waals surface area contributed by atoms with Gasteiger partial charge in [0.2, 0.25) is 0 Å². The van der Waals surface area contributed by atoms with Crippen molar-refractivity contribution in [2.24, 2.45) is 0 Å². The van der Waals surface area contributed by atoms with E-state index in [2.05, 4.69) is 5.32 Å². The van der Waals surface area contributed by atoms with E-state index in [-0.39, 0.29) is 46.7 Å². The number of anilines is 1. The SMILES string of the molecule is CCOc1cc(/C=C2\C(=O)NC(=O)N(c3ccc([N+](=O)[O-])cc3)C2=O)cc(Cl)c1OCc1cccc(F)c1. The molecule has 194 valence electrons. The first kappa shape index (κ1) is 26.3. The maximum Gasteiger partial charge on any atom is 0.335 e. The summed E-state index contributed by atoms with van der Waals surface area (Å²) in [4.78, 5) is 49.1. The first-order valence-corrected chi connectivity index (χ1v) is 11.5. The van der Waals surface area contributed by atoms with E-state index in [9.17, 15) is 28.9 Å². The van der Waals surface area contributed by atoms with Gasteiger partial charge in [-0.05, 0) is 60.5 Å². The summed E-state index contributed by atoms with van der Waals surface area (Å²) in [6.45, 7) is 1.99. The van der Waals surface area contributed by atoms with Gasteiger partial charge >= 0.3 is 6.03 Å². The first-order chi connectivity index (χ1) is 18.2. The number of hydrogen-bond acceptors (Lipinski definition) is 7. The van der Waals surface area contributed by atoms with Crippen LogP contribution in [0.25, 0.3) is 6.08 Å². The van der Waals surface area contributed by atoms with Gasteiger partial charge in [0.1, 0.15) is 18.0 Å². The number of urea groups is 1. The van der Waals surface area contributed by atoms with E-state index in [4.69, 9.17) is 21.1 Å². The van der Waals surface area contributed by atoms with Crippen molar-refractivity contribution in [2.75, 3.05) is 11.5 Å². The number of amides is 4. The average molecular weight is 540 g/mol. The van der Waals surface area contributed by atoms with E-state index in [1.807, 2.05) is 0 Å². The maximum absolute atomic E-state index is 13.5. The molecule has 1 saturated heterocycles. The number of non-ortho nitro benzene ring substituents is 1. The molecule has 1 N–H and O–H groups in total. The normalized spacial score (nSPS) is 14.4. The maximum atomic E-state index is 13.5. The molecule has 3 aromatic rings. The Labute approximate surface area is 220 Å². The lowest BCUT2D eigenvalue weighted by Gasteiger charge is -2.26. The molecule has 38 heavy (non-hydrogen) atoms. The lowest BCUT2D eigenvalue weighted by Crippen LogP contribution is -2.54. The molecule has 0 radical (unpaired) electrons. The van der Waals surface area contributed by atoms with Gasteiger partial charge in [-0.1, -0.05) is 23.7 Å². The fourth-order valence-corrected chi connectivity index (χ4v) is 3.91. The number of nitrogens with one attached hydrogen (secondary N) is 1. The molecule has 4 rings (SSSR count). The second kappa shape index (κ2) is 11.1. The molecule has 1 heterocycles. The molecule has 0 unspecified atom stereocenters. The van der Waals surface area contributed by atoms with Gasteiger partial charge in [-0.3, -0.25) is 25.0 Å². The summed E-state index contributed by atoms with van der Waals surface area (Å²) in [6.07, 6.45) is 1.23. The van der Waals surface area contributed by atoms with E-state index >= 15 is 0 Å². The zero-order chi connectivity index (χ0) is 27.4. The molecule has 0 saturated carbocycles. The molecule has 10 nitrogen and oxygen atoms in total. The van der Waals surface area contributed by atoms with Gasteiger partial charge in [0.25, 0.3) is 17.5 Å². The Balaban J connectivity index is 1.65. The Kier molecular flexibility index (Phi) is 7.68. The number of imide groups is 2. The van der Waals surface area contributed by atoms with Crippen LogP contribution in [0.1, 0.15) is 18.1 Å². The number of barbiturate groups is 1. The average Bonchev–Trinajstić information content (AvgIpc) is 2.86. The van der Waals surface area contributed by atoms with Gasteiger partial charge in [-0.2, -0.15) is 0 Å². The summed E-state index contributed by atoms with van der Waals surface area (Å²) in [7, 11) is 0. The highest BCUT2D eigenvalue weighted by molar-refractivity contribution is 6.39. The number of carbonyl (C=O) groups excluding carboxylic acids is 3. The number of nitro benzene ring substituents is 1. The Morgan fingerprint density at radius 2 is 1.82 bits per heavy atom. The van der Waals surface area contributed by atoms with Crippen LogP contribution in [0.3, 0.4) is 0 Å². The van der Waals surface area contributed by atoms with Crippen LogP contribution in [0, 0.1) is 15.9 Å². The van der Waals surface area contributed by atoms with Gasteiger partial charge < -0.3 is 9.47 Å². The molecular formula is C26H19ClFN3O7.